The molecule has 156 valence electrons. The molecule has 4 heteroatoms. The van der Waals surface area contributed by atoms with Crippen LogP contribution in [0.4, 0.5) is 0 Å². The maximum absolute atomic E-state index is 12.4. The Balaban J connectivity index is 1.30. The van der Waals surface area contributed by atoms with E-state index < -0.39 is 0 Å². The number of hydrogen-bond acceptors (Lipinski definition) is 3. The van der Waals surface area contributed by atoms with Gasteiger partial charge in [0.15, 0.2) is 0 Å². The van der Waals surface area contributed by atoms with Gasteiger partial charge in [-0.3, -0.25) is 4.79 Å². The molecule has 1 aliphatic rings. The Bertz CT molecular complexity index is 729. The second-order valence-corrected chi connectivity index (χ2v) is 7.85. The molecule has 1 saturated heterocycles. The van der Waals surface area contributed by atoms with Gasteiger partial charge in [-0.1, -0.05) is 42.5 Å². The molecule has 2 aromatic carbocycles. The van der Waals surface area contributed by atoms with Crippen LogP contribution >= 0.6 is 0 Å². The molecule has 0 aromatic heterocycles. The Morgan fingerprint density at radius 2 is 1.72 bits per heavy atom. The highest BCUT2D eigenvalue weighted by Gasteiger charge is 2.27. The second kappa shape index (κ2) is 11.6. The quantitative estimate of drug-likeness (QED) is 0.574. The average Bonchev–Trinajstić information content (AvgIpc) is 3.25. The van der Waals surface area contributed by atoms with Gasteiger partial charge in [0.25, 0.3) is 0 Å². The van der Waals surface area contributed by atoms with Crippen molar-refractivity contribution in [3.8, 4) is 5.75 Å². The molecule has 1 amide bonds. The summed E-state index contributed by atoms with van der Waals surface area (Å²) in [5.74, 6) is 1.04. The second-order valence-electron chi connectivity index (χ2n) is 7.85. The molecule has 0 bridgehead atoms. The van der Waals surface area contributed by atoms with E-state index in [0.717, 1.165) is 56.6 Å². The topological polar surface area (TPSA) is 49.8 Å². The SMILES string of the molecule is O=C(CCc1ccc(OCCCCCc2ccccc2)cc1)N1CCC[C@@H]1CO. The normalized spacial score (nSPS) is 16.2. The van der Waals surface area contributed by atoms with E-state index in [-0.39, 0.29) is 18.6 Å². The molecule has 1 fully saturated rings. The van der Waals surface area contributed by atoms with E-state index in [4.69, 9.17) is 4.74 Å². The number of benzene rings is 2. The number of aryl methyl sites for hydroxylation is 2. The predicted octanol–water partition coefficient (Wildman–Crippen LogP) is 4.39. The van der Waals surface area contributed by atoms with Crippen molar-refractivity contribution in [2.45, 2.75) is 57.4 Å². The molecule has 0 radical (unpaired) electrons. The van der Waals surface area contributed by atoms with E-state index in [1.54, 1.807) is 0 Å². The Hall–Kier alpha value is -2.33. The number of amides is 1. The highest BCUT2D eigenvalue weighted by Crippen LogP contribution is 2.19. The first-order valence-corrected chi connectivity index (χ1v) is 10.9. The number of likely N-dealkylation sites (tertiary alicyclic amines) is 1. The Kier molecular flexibility index (Phi) is 8.57. The molecule has 0 aliphatic carbocycles. The summed E-state index contributed by atoms with van der Waals surface area (Å²) in [6.07, 6.45) is 7.69. The van der Waals surface area contributed by atoms with E-state index in [9.17, 15) is 9.90 Å². The zero-order valence-electron chi connectivity index (χ0n) is 17.3. The van der Waals surface area contributed by atoms with Crippen molar-refractivity contribution in [2.24, 2.45) is 0 Å². The van der Waals surface area contributed by atoms with E-state index in [1.165, 1.54) is 18.4 Å². The number of aliphatic hydroxyl groups excluding tert-OH is 1. The molecule has 1 N–H and O–H groups in total. The molecule has 4 nitrogen and oxygen atoms in total. The number of hydrogen-bond donors (Lipinski definition) is 1. The van der Waals surface area contributed by atoms with Crippen LogP contribution in [0.15, 0.2) is 54.6 Å². The van der Waals surface area contributed by atoms with Crippen molar-refractivity contribution in [1.29, 1.82) is 0 Å². The molecule has 0 unspecified atom stereocenters. The number of carbonyl (C=O) groups excluding carboxylic acids is 1. The third-order valence-corrected chi connectivity index (χ3v) is 5.68. The standard InChI is InChI=1S/C25H33NO3/c27-20-23-11-7-18-26(23)25(28)17-14-22-12-15-24(16-13-22)29-19-6-2-5-10-21-8-3-1-4-9-21/h1,3-4,8-9,12-13,15-16,23,27H,2,5-7,10-11,14,17-20H2/t23-/m1/s1. The van der Waals surface area contributed by atoms with E-state index in [0.29, 0.717) is 6.42 Å². The van der Waals surface area contributed by atoms with Crippen LogP contribution in [0.25, 0.3) is 0 Å². The first-order valence-electron chi connectivity index (χ1n) is 10.9. The summed E-state index contributed by atoms with van der Waals surface area (Å²) in [6, 6.07) is 18.7. The number of nitrogens with zero attached hydrogens (tertiary/aromatic N) is 1. The lowest BCUT2D eigenvalue weighted by Crippen LogP contribution is -2.37. The van der Waals surface area contributed by atoms with Crippen molar-refractivity contribution < 1.29 is 14.6 Å². The van der Waals surface area contributed by atoms with Crippen LogP contribution in [0.2, 0.25) is 0 Å². The maximum Gasteiger partial charge on any atom is 0.223 e. The van der Waals surface area contributed by atoms with Crippen LogP contribution < -0.4 is 4.74 Å². The van der Waals surface area contributed by atoms with Crippen LogP contribution in [-0.4, -0.2) is 41.7 Å². The number of carbonyl (C=O) groups is 1. The van der Waals surface area contributed by atoms with Crippen LogP contribution in [0.1, 0.15) is 49.7 Å². The third kappa shape index (κ3) is 6.90. The van der Waals surface area contributed by atoms with Gasteiger partial charge in [0.2, 0.25) is 5.91 Å². The molecule has 1 atom stereocenters. The Morgan fingerprint density at radius 3 is 2.48 bits per heavy atom. The average molecular weight is 396 g/mol. The maximum atomic E-state index is 12.4. The van der Waals surface area contributed by atoms with Crippen LogP contribution in [0.5, 0.6) is 5.75 Å². The molecule has 3 rings (SSSR count). The number of rotatable bonds is 11. The summed E-state index contributed by atoms with van der Waals surface area (Å²) in [5, 5.41) is 9.36. The largest absolute Gasteiger partial charge is 0.494 e. The summed E-state index contributed by atoms with van der Waals surface area (Å²) < 4.78 is 5.85. The van der Waals surface area contributed by atoms with Crippen molar-refractivity contribution in [1.82, 2.24) is 4.90 Å². The minimum Gasteiger partial charge on any atom is -0.494 e. The lowest BCUT2D eigenvalue weighted by atomic mass is 10.1. The molecule has 2 aromatic rings. The van der Waals surface area contributed by atoms with Crippen LogP contribution in [-0.2, 0) is 17.6 Å². The fourth-order valence-electron chi connectivity index (χ4n) is 3.94. The number of aliphatic hydroxyl groups is 1. The van der Waals surface area contributed by atoms with Gasteiger partial charge in [-0.25, -0.2) is 0 Å². The molecule has 1 heterocycles. The highest BCUT2D eigenvalue weighted by atomic mass is 16.5. The minimum absolute atomic E-state index is 0.0194. The fraction of sp³-hybridized carbons (Fsp3) is 0.480. The summed E-state index contributed by atoms with van der Waals surface area (Å²) in [7, 11) is 0. The van der Waals surface area contributed by atoms with Gasteiger partial charge < -0.3 is 14.7 Å². The molecular weight excluding hydrogens is 362 g/mol. The van der Waals surface area contributed by atoms with Gasteiger partial charge in [0, 0.05) is 13.0 Å². The van der Waals surface area contributed by atoms with Crippen molar-refractivity contribution in [3.05, 3.63) is 65.7 Å². The Labute approximate surface area is 174 Å². The molecule has 0 saturated carbocycles. The van der Waals surface area contributed by atoms with Crippen molar-refractivity contribution in [3.63, 3.8) is 0 Å². The van der Waals surface area contributed by atoms with Gasteiger partial charge in [0.05, 0.1) is 19.3 Å². The highest BCUT2D eigenvalue weighted by molar-refractivity contribution is 5.77. The Morgan fingerprint density at radius 1 is 0.966 bits per heavy atom. The first kappa shape index (κ1) is 21.4. The first-order chi connectivity index (χ1) is 14.3. The molecule has 1 aliphatic heterocycles. The van der Waals surface area contributed by atoms with E-state index in [2.05, 4.69) is 30.3 Å². The summed E-state index contributed by atoms with van der Waals surface area (Å²) >= 11 is 0. The monoisotopic (exact) mass is 395 g/mol. The number of ether oxygens (including phenoxy) is 1. The van der Waals surface area contributed by atoms with Gasteiger partial charge in [-0.15, -0.1) is 0 Å². The van der Waals surface area contributed by atoms with Crippen LogP contribution in [0.3, 0.4) is 0 Å². The summed E-state index contributed by atoms with van der Waals surface area (Å²) in [5.41, 5.74) is 2.55. The molecule has 29 heavy (non-hydrogen) atoms. The van der Waals surface area contributed by atoms with Crippen molar-refractivity contribution >= 4 is 5.91 Å². The predicted molar refractivity (Wildman–Crippen MR) is 116 cm³/mol. The van der Waals surface area contributed by atoms with Crippen molar-refractivity contribution in [2.75, 3.05) is 19.8 Å². The molecular formula is C25H33NO3. The van der Waals surface area contributed by atoms with Gasteiger partial charge in [-0.2, -0.15) is 0 Å². The van der Waals surface area contributed by atoms with Gasteiger partial charge in [-0.05, 0) is 68.2 Å². The third-order valence-electron chi connectivity index (χ3n) is 5.68. The smallest absolute Gasteiger partial charge is 0.223 e. The zero-order valence-corrected chi connectivity index (χ0v) is 17.3. The van der Waals surface area contributed by atoms with Gasteiger partial charge in [0.1, 0.15) is 5.75 Å². The molecule has 0 spiro atoms. The zero-order chi connectivity index (χ0) is 20.3. The van der Waals surface area contributed by atoms with E-state index in [1.807, 2.05) is 29.2 Å². The fourth-order valence-corrected chi connectivity index (χ4v) is 3.94. The number of unbranched alkanes of at least 4 members (excludes halogenated alkanes) is 2. The van der Waals surface area contributed by atoms with Crippen LogP contribution in [0, 0.1) is 0 Å². The van der Waals surface area contributed by atoms with E-state index >= 15 is 0 Å². The summed E-state index contributed by atoms with van der Waals surface area (Å²) in [4.78, 5) is 14.2. The lowest BCUT2D eigenvalue weighted by molar-refractivity contribution is -0.132. The minimum atomic E-state index is 0.0194. The van der Waals surface area contributed by atoms with Gasteiger partial charge >= 0.3 is 0 Å². The lowest BCUT2D eigenvalue weighted by Gasteiger charge is -2.23. The summed E-state index contributed by atoms with van der Waals surface area (Å²) in [6.45, 7) is 1.59.